The van der Waals surface area contributed by atoms with Crippen molar-refractivity contribution in [2.45, 2.75) is 32.0 Å². The van der Waals surface area contributed by atoms with Crippen molar-refractivity contribution >= 4 is 28.0 Å². The predicted molar refractivity (Wildman–Crippen MR) is 77.5 cm³/mol. The molecule has 1 N–H and O–H groups in total. The lowest BCUT2D eigenvalue weighted by Crippen LogP contribution is -2.43. The Morgan fingerprint density at radius 3 is 2.74 bits per heavy atom. The summed E-state index contributed by atoms with van der Waals surface area (Å²) in [4.78, 5) is 16.6. The molecule has 2 aliphatic heterocycles. The second-order valence-corrected chi connectivity index (χ2v) is 8.13. The Morgan fingerprint density at radius 2 is 2.11 bits per heavy atom. The van der Waals surface area contributed by atoms with Crippen molar-refractivity contribution in [3.8, 4) is 0 Å². The van der Waals surface area contributed by atoms with E-state index >= 15 is 0 Å². The molecule has 0 aliphatic carbocycles. The molecule has 1 aromatic rings. The Kier molecular flexibility index (Phi) is 3.73. The highest BCUT2D eigenvalue weighted by molar-refractivity contribution is 7.85. The van der Waals surface area contributed by atoms with Crippen LogP contribution >= 0.6 is 11.3 Å². The van der Waals surface area contributed by atoms with Crippen LogP contribution in [0.4, 0.5) is 0 Å². The Labute approximate surface area is 119 Å². The quantitative estimate of drug-likeness (QED) is 0.898. The van der Waals surface area contributed by atoms with Crippen molar-refractivity contribution in [2.75, 3.05) is 18.1 Å². The normalized spacial score (nSPS) is 31.9. The number of amides is 1. The molecule has 1 amide bonds. The first-order chi connectivity index (χ1) is 9.15. The van der Waals surface area contributed by atoms with Crippen LogP contribution in [0, 0.1) is 6.92 Å². The highest BCUT2D eigenvalue weighted by Gasteiger charge is 2.38. The Bertz CT molecular complexity index is 504. The number of nitrogens with zero attached hydrogens (tertiary/aromatic N) is 1. The van der Waals surface area contributed by atoms with Crippen LogP contribution in [0.1, 0.15) is 28.8 Å². The summed E-state index contributed by atoms with van der Waals surface area (Å²) in [5.74, 6) is 1.63. The van der Waals surface area contributed by atoms with E-state index in [0.717, 1.165) is 24.3 Å². The molecule has 19 heavy (non-hydrogen) atoms. The van der Waals surface area contributed by atoms with Gasteiger partial charge < -0.3 is 4.90 Å². The fourth-order valence-electron chi connectivity index (χ4n) is 2.83. The number of aryl methyl sites for hydroxylation is 1. The van der Waals surface area contributed by atoms with Gasteiger partial charge >= 0.3 is 0 Å². The number of rotatable bonds is 2. The molecule has 2 aliphatic rings. The fourth-order valence-corrected chi connectivity index (χ4v) is 5.06. The van der Waals surface area contributed by atoms with Gasteiger partial charge in [-0.3, -0.25) is 14.3 Å². The van der Waals surface area contributed by atoms with Gasteiger partial charge in [-0.05, 0) is 31.9 Å². The molecule has 0 radical (unpaired) electrons. The van der Waals surface area contributed by atoms with E-state index in [-0.39, 0.29) is 18.1 Å². The molecule has 0 spiro atoms. The van der Waals surface area contributed by atoms with Crippen LogP contribution in [0.3, 0.4) is 0 Å². The molecule has 4 nitrogen and oxygen atoms in total. The Balaban J connectivity index is 1.80. The van der Waals surface area contributed by atoms with E-state index in [4.69, 9.17) is 0 Å². The van der Waals surface area contributed by atoms with E-state index in [9.17, 15) is 9.00 Å². The minimum atomic E-state index is -0.680. The summed E-state index contributed by atoms with van der Waals surface area (Å²) in [7, 11) is -0.680. The molecule has 3 heterocycles. The summed E-state index contributed by atoms with van der Waals surface area (Å²) >= 11 is 1.74. The van der Waals surface area contributed by atoms with Gasteiger partial charge in [-0.1, -0.05) is 0 Å². The summed E-state index contributed by atoms with van der Waals surface area (Å²) in [5.41, 5.74) is 0. The zero-order valence-corrected chi connectivity index (χ0v) is 12.6. The summed E-state index contributed by atoms with van der Waals surface area (Å²) in [5, 5.41) is 3.31. The monoisotopic (exact) mass is 298 g/mol. The summed E-state index contributed by atoms with van der Waals surface area (Å²) in [6.45, 7) is 2.50. The van der Waals surface area contributed by atoms with Crippen LogP contribution in [0.15, 0.2) is 12.1 Å². The van der Waals surface area contributed by atoms with Crippen LogP contribution < -0.4 is 5.32 Å². The largest absolute Gasteiger partial charge is 0.318 e. The van der Waals surface area contributed by atoms with Gasteiger partial charge in [0.1, 0.15) is 6.17 Å². The molecular weight excluding hydrogens is 280 g/mol. The molecule has 0 saturated carbocycles. The second-order valence-electron chi connectivity index (χ2n) is 5.11. The number of thiophene rings is 1. The Hall–Kier alpha value is -0.720. The van der Waals surface area contributed by atoms with Crippen LogP contribution in [-0.4, -0.2) is 39.1 Å². The van der Waals surface area contributed by atoms with E-state index in [1.165, 1.54) is 9.75 Å². The maximum absolute atomic E-state index is 12.1. The molecule has 1 aromatic heterocycles. The maximum Gasteiger partial charge on any atom is 0.238 e. The van der Waals surface area contributed by atoms with E-state index in [0.29, 0.717) is 6.54 Å². The van der Waals surface area contributed by atoms with Crippen LogP contribution in [0.5, 0.6) is 0 Å². The standard InChI is InChI=1S/C13H18N2O2S2/c1-9-2-3-11(18-9)13-14-8-12(16)15(13)10-4-6-19(17)7-5-10/h2-3,10,13-14H,4-8H2,1H3. The molecule has 1 unspecified atom stereocenters. The first kappa shape index (κ1) is 13.3. The van der Waals surface area contributed by atoms with Gasteiger partial charge in [0.25, 0.3) is 0 Å². The zero-order chi connectivity index (χ0) is 13.4. The third-order valence-electron chi connectivity index (χ3n) is 3.79. The molecule has 3 rings (SSSR count). The molecule has 104 valence electrons. The second kappa shape index (κ2) is 5.34. The van der Waals surface area contributed by atoms with Gasteiger partial charge in [0.15, 0.2) is 0 Å². The molecule has 0 bridgehead atoms. The van der Waals surface area contributed by atoms with Gasteiger partial charge in [-0.2, -0.15) is 0 Å². The lowest BCUT2D eigenvalue weighted by molar-refractivity contribution is -0.130. The van der Waals surface area contributed by atoms with E-state index < -0.39 is 10.8 Å². The maximum atomic E-state index is 12.1. The van der Waals surface area contributed by atoms with Crippen molar-refractivity contribution < 1.29 is 9.00 Å². The molecule has 0 aromatic carbocycles. The number of hydrogen-bond donors (Lipinski definition) is 1. The lowest BCUT2D eigenvalue weighted by atomic mass is 10.1. The number of hydrogen-bond acceptors (Lipinski definition) is 4. The Morgan fingerprint density at radius 1 is 1.37 bits per heavy atom. The van der Waals surface area contributed by atoms with Gasteiger partial charge in [-0.25, -0.2) is 0 Å². The number of carbonyl (C=O) groups excluding carboxylic acids is 1. The third kappa shape index (κ3) is 2.61. The third-order valence-corrected chi connectivity index (χ3v) is 6.23. The minimum absolute atomic E-state index is 0.0164. The van der Waals surface area contributed by atoms with Crippen LogP contribution in [-0.2, 0) is 15.6 Å². The topological polar surface area (TPSA) is 49.4 Å². The average Bonchev–Trinajstić information content (AvgIpc) is 2.97. The van der Waals surface area contributed by atoms with Crippen molar-refractivity contribution in [2.24, 2.45) is 0 Å². The smallest absolute Gasteiger partial charge is 0.238 e. The van der Waals surface area contributed by atoms with Crippen molar-refractivity contribution in [1.29, 1.82) is 0 Å². The molecular formula is C13H18N2O2S2. The van der Waals surface area contributed by atoms with E-state index in [2.05, 4.69) is 24.4 Å². The average molecular weight is 298 g/mol. The zero-order valence-electron chi connectivity index (χ0n) is 10.9. The van der Waals surface area contributed by atoms with Crippen LogP contribution in [0.2, 0.25) is 0 Å². The lowest BCUT2D eigenvalue weighted by Gasteiger charge is -2.34. The van der Waals surface area contributed by atoms with Gasteiger partial charge in [0.05, 0.1) is 6.54 Å². The molecule has 6 heteroatoms. The van der Waals surface area contributed by atoms with Crippen molar-refractivity contribution in [1.82, 2.24) is 10.2 Å². The SMILES string of the molecule is Cc1ccc(C2NCC(=O)N2C2CCS(=O)CC2)s1. The van der Waals surface area contributed by atoms with Crippen molar-refractivity contribution in [3.63, 3.8) is 0 Å². The number of carbonyl (C=O) groups is 1. The fraction of sp³-hybridized carbons (Fsp3) is 0.615. The van der Waals surface area contributed by atoms with Crippen LogP contribution in [0.25, 0.3) is 0 Å². The number of nitrogens with one attached hydrogen (secondary N) is 1. The van der Waals surface area contributed by atoms with E-state index in [1.54, 1.807) is 11.3 Å². The van der Waals surface area contributed by atoms with Gasteiger partial charge in [0.2, 0.25) is 5.91 Å². The summed E-state index contributed by atoms with van der Waals surface area (Å²) < 4.78 is 11.5. The summed E-state index contributed by atoms with van der Waals surface area (Å²) in [6.07, 6.45) is 1.74. The molecule has 2 saturated heterocycles. The highest BCUT2D eigenvalue weighted by Crippen LogP contribution is 2.32. The van der Waals surface area contributed by atoms with Gasteiger partial charge in [0, 0.05) is 38.1 Å². The first-order valence-electron chi connectivity index (χ1n) is 6.61. The molecule has 2 fully saturated rings. The van der Waals surface area contributed by atoms with Gasteiger partial charge in [-0.15, -0.1) is 11.3 Å². The highest BCUT2D eigenvalue weighted by atomic mass is 32.2. The van der Waals surface area contributed by atoms with E-state index in [1.807, 2.05) is 4.90 Å². The summed E-state index contributed by atoms with van der Waals surface area (Å²) in [6, 6.07) is 4.44. The predicted octanol–water partition coefficient (Wildman–Crippen LogP) is 1.40. The molecule has 1 atom stereocenters. The van der Waals surface area contributed by atoms with Crippen molar-refractivity contribution in [3.05, 3.63) is 21.9 Å². The first-order valence-corrected chi connectivity index (χ1v) is 8.91. The minimum Gasteiger partial charge on any atom is -0.318 e.